The van der Waals surface area contributed by atoms with Crippen LogP contribution in [0.15, 0.2) is 11.4 Å². The smallest absolute Gasteiger partial charge is 0.327 e. The predicted molar refractivity (Wildman–Crippen MR) is 83.6 cm³/mol. The second kappa shape index (κ2) is 5.88. The van der Waals surface area contributed by atoms with Crippen molar-refractivity contribution in [3.63, 3.8) is 0 Å². The number of carbonyl (C=O) groups is 2. The lowest BCUT2D eigenvalue weighted by atomic mass is 10.1. The SMILES string of the molecule is CCC1SCC(C(=O)O)N1C(=O)N1CCc2sccc2C1. The van der Waals surface area contributed by atoms with Gasteiger partial charge in [-0.15, -0.1) is 23.1 Å². The number of hydrogen-bond donors (Lipinski definition) is 1. The molecule has 3 rings (SSSR count). The average Bonchev–Trinajstić information content (AvgIpc) is 3.11. The van der Waals surface area contributed by atoms with Gasteiger partial charge >= 0.3 is 12.0 Å². The average molecular weight is 326 g/mol. The molecule has 3 heterocycles. The minimum absolute atomic E-state index is 0.0255. The van der Waals surface area contributed by atoms with E-state index < -0.39 is 12.0 Å². The highest BCUT2D eigenvalue weighted by Gasteiger charge is 2.42. The van der Waals surface area contributed by atoms with Gasteiger partial charge in [-0.25, -0.2) is 9.59 Å². The van der Waals surface area contributed by atoms with Crippen molar-refractivity contribution >= 4 is 35.1 Å². The Morgan fingerprint density at radius 3 is 3.00 bits per heavy atom. The van der Waals surface area contributed by atoms with Gasteiger partial charge in [-0.3, -0.25) is 4.90 Å². The molecule has 2 amide bonds. The molecule has 0 spiro atoms. The highest BCUT2D eigenvalue weighted by Crippen LogP contribution is 2.33. The molecule has 0 saturated carbocycles. The molecular weight excluding hydrogens is 308 g/mol. The van der Waals surface area contributed by atoms with Crippen molar-refractivity contribution in [1.82, 2.24) is 9.80 Å². The Bertz CT molecular complexity index is 560. The molecule has 1 N–H and O–H groups in total. The first-order valence-electron chi connectivity index (χ1n) is 7.08. The molecule has 2 aliphatic heterocycles. The van der Waals surface area contributed by atoms with Gasteiger partial charge in [0.05, 0.1) is 5.37 Å². The summed E-state index contributed by atoms with van der Waals surface area (Å²) in [6.07, 6.45) is 1.64. The van der Waals surface area contributed by atoms with Crippen molar-refractivity contribution in [3.05, 3.63) is 21.9 Å². The van der Waals surface area contributed by atoms with E-state index in [9.17, 15) is 14.7 Å². The van der Waals surface area contributed by atoms with Gasteiger partial charge in [0.1, 0.15) is 6.04 Å². The zero-order chi connectivity index (χ0) is 15.0. The molecule has 0 radical (unpaired) electrons. The summed E-state index contributed by atoms with van der Waals surface area (Å²) in [7, 11) is 0. The van der Waals surface area contributed by atoms with Crippen LogP contribution < -0.4 is 0 Å². The molecule has 2 unspecified atom stereocenters. The molecule has 1 aromatic heterocycles. The third kappa shape index (κ3) is 2.64. The number of amides is 2. The van der Waals surface area contributed by atoms with E-state index in [1.165, 1.54) is 10.4 Å². The second-order valence-electron chi connectivity index (χ2n) is 5.28. The molecule has 2 atom stereocenters. The molecule has 21 heavy (non-hydrogen) atoms. The van der Waals surface area contributed by atoms with Gasteiger partial charge < -0.3 is 10.0 Å². The molecule has 1 aromatic rings. The van der Waals surface area contributed by atoms with Gasteiger partial charge in [-0.1, -0.05) is 6.92 Å². The molecule has 0 aliphatic carbocycles. The van der Waals surface area contributed by atoms with Crippen molar-refractivity contribution in [3.8, 4) is 0 Å². The van der Waals surface area contributed by atoms with Crippen molar-refractivity contribution in [1.29, 1.82) is 0 Å². The second-order valence-corrected chi connectivity index (χ2v) is 7.49. The van der Waals surface area contributed by atoms with Crippen molar-refractivity contribution in [2.24, 2.45) is 0 Å². The number of carboxylic acid groups (broad SMARTS) is 1. The quantitative estimate of drug-likeness (QED) is 0.907. The molecule has 1 saturated heterocycles. The minimum atomic E-state index is -0.903. The Kier molecular flexibility index (Phi) is 4.12. The largest absolute Gasteiger partial charge is 0.480 e. The number of urea groups is 1. The third-order valence-corrected chi connectivity index (χ3v) is 6.50. The maximum atomic E-state index is 12.8. The first kappa shape index (κ1) is 14.7. The van der Waals surface area contributed by atoms with E-state index in [4.69, 9.17) is 0 Å². The Morgan fingerprint density at radius 2 is 2.29 bits per heavy atom. The molecule has 7 heteroatoms. The van der Waals surface area contributed by atoms with Crippen molar-refractivity contribution in [2.75, 3.05) is 12.3 Å². The summed E-state index contributed by atoms with van der Waals surface area (Å²) in [6, 6.07) is 1.23. The van der Waals surface area contributed by atoms with E-state index in [-0.39, 0.29) is 11.4 Å². The maximum absolute atomic E-state index is 12.8. The summed E-state index contributed by atoms with van der Waals surface area (Å²) in [5.41, 5.74) is 1.20. The molecule has 0 aromatic carbocycles. The van der Waals surface area contributed by atoms with Gasteiger partial charge in [-0.2, -0.15) is 0 Å². The molecule has 2 aliphatic rings. The Hall–Kier alpha value is -1.21. The predicted octanol–water partition coefficient (Wildman–Crippen LogP) is 2.46. The molecular formula is C14H18N2O3S2. The monoisotopic (exact) mass is 326 g/mol. The van der Waals surface area contributed by atoms with E-state index in [2.05, 4.69) is 11.4 Å². The van der Waals surface area contributed by atoms with E-state index in [1.807, 2.05) is 6.92 Å². The van der Waals surface area contributed by atoms with E-state index in [0.717, 1.165) is 12.8 Å². The van der Waals surface area contributed by atoms with Crippen LogP contribution >= 0.6 is 23.1 Å². The van der Waals surface area contributed by atoms with Crippen LogP contribution in [0.5, 0.6) is 0 Å². The van der Waals surface area contributed by atoms with Gasteiger partial charge in [-0.05, 0) is 29.9 Å². The minimum Gasteiger partial charge on any atom is -0.480 e. The van der Waals surface area contributed by atoms with Gasteiger partial charge in [0.25, 0.3) is 0 Å². The fraction of sp³-hybridized carbons (Fsp3) is 0.571. The van der Waals surface area contributed by atoms with Crippen LogP contribution in [-0.2, 0) is 17.8 Å². The number of aliphatic carboxylic acids is 1. The summed E-state index contributed by atoms with van der Waals surface area (Å²) in [5.74, 6) is -0.419. The van der Waals surface area contributed by atoms with Crippen LogP contribution in [0.25, 0.3) is 0 Å². The highest BCUT2D eigenvalue weighted by atomic mass is 32.2. The Morgan fingerprint density at radius 1 is 1.48 bits per heavy atom. The summed E-state index contributed by atoms with van der Waals surface area (Å²) < 4.78 is 0. The van der Waals surface area contributed by atoms with Crippen molar-refractivity contribution < 1.29 is 14.7 Å². The zero-order valence-electron chi connectivity index (χ0n) is 11.8. The van der Waals surface area contributed by atoms with Crippen molar-refractivity contribution in [2.45, 2.75) is 37.7 Å². The van der Waals surface area contributed by atoms with Gasteiger partial charge in [0, 0.05) is 23.7 Å². The number of carboxylic acids is 1. The molecule has 1 fully saturated rings. The lowest BCUT2D eigenvalue weighted by Gasteiger charge is -2.35. The topological polar surface area (TPSA) is 60.9 Å². The fourth-order valence-corrected chi connectivity index (χ4v) is 5.13. The van der Waals surface area contributed by atoms with Crippen LogP contribution in [0.4, 0.5) is 4.79 Å². The van der Waals surface area contributed by atoms with Crippen LogP contribution in [0.3, 0.4) is 0 Å². The number of carbonyl (C=O) groups excluding carboxylic acids is 1. The third-order valence-electron chi connectivity index (χ3n) is 4.03. The number of hydrogen-bond acceptors (Lipinski definition) is 4. The van der Waals surface area contributed by atoms with E-state index in [1.54, 1.807) is 32.9 Å². The number of rotatable bonds is 2. The maximum Gasteiger partial charge on any atom is 0.327 e. The van der Waals surface area contributed by atoms with Crippen LogP contribution in [0.1, 0.15) is 23.8 Å². The normalized spacial score (nSPS) is 25.0. The lowest BCUT2D eigenvalue weighted by Crippen LogP contribution is -2.52. The highest BCUT2D eigenvalue weighted by molar-refractivity contribution is 8.00. The van der Waals surface area contributed by atoms with Gasteiger partial charge in [0.2, 0.25) is 0 Å². The summed E-state index contributed by atoms with van der Waals surface area (Å²) >= 11 is 3.30. The summed E-state index contributed by atoms with van der Waals surface area (Å²) in [4.78, 5) is 28.9. The number of thiophene rings is 1. The number of fused-ring (bicyclic) bond motifs is 1. The van der Waals surface area contributed by atoms with Crippen LogP contribution in [0, 0.1) is 0 Å². The summed E-state index contributed by atoms with van der Waals surface area (Å²) in [6.45, 7) is 3.27. The molecule has 0 bridgehead atoms. The summed E-state index contributed by atoms with van der Waals surface area (Å²) in [5, 5.41) is 11.4. The van der Waals surface area contributed by atoms with Crippen LogP contribution in [0.2, 0.25) is 0 Å². The zero-order valence-corrected chi connectivity index (χ0v) is 13.5. The first-order chi connectivity index (χ1) is 10.1. The van der Waals surface area contributed by atoms with E-state index >= 15 is 0 Å². The number of thioether (sulfide) groups is 1. The van der Waals surface area contributed by atoms with E-state index in [0.29, 0.717) is 18.8 Å². The fourth-order valence-electron chi connectivity index (χ4n) is 2.90. The van der Waals surface area contributed by atoms with Gasteiger partial charge in [0.15, 0.2) is 0 Å². The lowest BCUT2D eigenvalue weighted by molar-refractivity contribution is -0.141. The number of nitrogens with zero attached hydrogens (tertiary/aromatic N) is 2. The molecule has 114 valence electrons. The first-order valence-corrected chi connectivity index (χ1v) is 9.01. The molecule has 5 nitrogen and oxygen atoms in total. The standard InChI is InChI=1S/C14H18N2O3S2/c1-2-12-16(10(8-21-12)13(17)18)14(19)15-5-3-11-9(7-15)4-6-20-11/h4,6,10,12H,2-3,5,7-8H2,1H3,(H,17,18). The Labute approximate surface area is 131 Å². The Balaban J connectivity index is 1.78. The van der Waals surface area contributed by atoms with Crippen LogP contribution in [-0.4, -0.2) is 50.6 Å².